The summed E-state index contributed by atoms with van der Waals surface area (Å²) in [5.41, 5.74) is 0.623. The fourth-order valence-corrected chi connectivity index (χ4v) is 6.48. The predicted octanol–water partition coefficient (Wildman–Crippen LogP) is 4.84. The van der Waals surface area contributed by atoms with E-state index < -0.39 is 0 Å². The Kier molecular flexibility index (Phi) is 5.87. The Labute approximate surface area is 172 Å². The molecule has 4 rings (SSSR count). The SMILES string of the molecule is CC(Sc1nnc(Nc2cccc(F)c2)s1)C(=O)NC(C)C1CC2CCC1C2. The van der Waals surface area contributed by atoms with Gasteiger partial charge in [0.25, 0.3) is 0 Å². The van der Waals surface area contributed by atoms with Crippen molar-refractivity contribution in [3.63, 3.8) is 0 Å². The van der Waals surface area contributed by atoms with Crippen molar-refractivity contribution in [3.05, 3.63) is 30.1 Å². The zero-order valence-electron chi connectivity index (χ0n) is 16.0. The quantitative estimate of drug-likeness (QED) is 0.627. The zero-order valence-corrected chi connectivity index (χ0v) is 17.7. The molecule has 0 saturated heterocycles. The van der Waals surface area contributed by atoms with Crippen molar-refractivity contribution in [1.29, 1.82) is 0 Å². The Hall–Kier alpha value is -1.67. The number of nitrogens with one attached hydrogen (secondary N) is 2. The van der Waals surface area contributed by atoms with Gasteiger partial charge in [-0.2, -0.15) is 0 Å². The normalized spacial score (nSPS) is 25.5. The topological polar surface area (TPSA) is 66.9 Å². The Balaban J connectivity index is 1.29. The van der Waals surface area contributed by atoms with Gasteiger partial charge in [-0.25, -0.2) is 4.39 Å². The molecule has 2 fully saturated rings. The molecule has 2 aliphatic carbocycles. The Morgan fingerprint density at radius 3 is 2.86 bits per heavy atom. The summed E-state index contributed by atoms with van der Waals surface area (Å²) in [5.74, 6) is 2.05. The summed E-state index contributed by atoms with van der Waals surface area (Å²) in [6, 6.07) is 6.43. The fraction of sp³-hybridized carbons (Fsp3) is 0.550. The van der Waals surface area contributed by atoms with Crippen LogP contribution < -0.4 is 10.6 Å². The lowest BCUT2D eigenvalue weighted by Gasteiger charge is -2.29. The molecule has 2 aromatic rings. The maximum absolute atomic E-state index is 13.3. The number of rotatable bonds is 7. The standard InChI is InChI=1S/C20H25FN4OS2/c1-11(17-9-13-6-7-14(17)8-13)22-18(26)12(2)27-20-25-24-19(28-20)23-16-5-3-4-15(21)10-16/h3-5,10-14,17H,6-9H2,1-2H3,(H,22,26)(H,23,24). The van der Waals surface area contributed by atoms with Crippen molar-refractivity contribution in [3.8, 4) is 0 Å². The molecule has 2 aliphatic rings. The molecule has 8 heteroatoms. The lowest BCUT2D eigenvalue weighted by molar-refractivity contribution is -0.121. The van der Waals surface area contributed by atoms with Gasteiger partial charge in [0, 0.05) is 11.7 Å². The third kappa shape index (κ3) is 4.49. The number of thioether (sulfide) groups is 1. The average Bonchev–Trinajstić information content (AvgIpc) is 3.39. The molecular weight excluding hydrogens is 395 g/mol. The summed E-state index contributed by atoms with van der Waals surface area (Å²) in [5, 5.41) is 14.8. The van der Waals surface area contributed by atoms with Crippen molar-refractivity contribution in [2.75, 3.05) is 5.32 Å². The van der Waals surface area contributed by atoms with Gasteiger partial charge < -0.3 is 10.6 Å². The Morgan fingerprint density at radius 1 is 1.29 bits per heavy atom. The number of hydrogen-bond acceptors (Lipinski definition) is 6. The highest BCUT2D eigenvalue weighted by molar-refractivity contribution is 8.02. The van der Waals surface area contributed by atoms with Crippen LogP contribution in [-0.2, 0) is 4.79 Å². The molecule has 28 heavy (non-hydrogen) atoms. The number of carbonyl (C=O) groups is 1. The monoisotopic (exact) mass is 420 g/mol. The summed E-state index contributed by atoms with van der Waals surface area (Å²) in [7, 11) is 0. The third-order valence-electron chi connectivity index (χ3n) is 5.93. The molecule has 5 atom stereocenters. The highest BCUT2D eigenvalue weighted by atomic mass is 32.2. The minimum Gasteiger partial charge on any atom is -0.352 e. The van der Waals surface area contributed by atoms with E-state index in [-0.39, 0.29) is 23.0 Å². The second-order valence-corrected chi connectivity index (χ2v) is 10.5. The van der Waals surface area contributed by atoms with Gasteiger partial charge >= 0.3 is 0 Å². The molecule has 5 unspecified atom stereocenters. The van der Waals surface area contributed by atoms with Crippen LogP contribution in [0.2, 0.25) is 0 Å². The predicted molar refractivity (Wildman–Crippen MR) is 111 cm³/mol. The van der Waals surface area contributed by atoms with E-state index in [0.717, 1.165) is 11.8 Å². The van der Waals surface area contributed by atoms with Gasteiger partial charge in [-0.15, -0.1) is 10.2 Å². The van der Waals surface area contributed by atoms with Crippen LogP contribution in [0.15, 0.2) is 28.6 Å². The maximum atomic E-state index is 13.3. The molecule has 1 heterocycles. The minimum atomic E-state index is -0.306. The van der Waals surface area contributed by atoms with Crippen molar-refractivity contribution >= 4 is 39.8 Å². The molecule has 0 spiro atoms. The summed E-state index contributed by atoms with van der Waals surface area (Å²) >= 11 is 2.77. The maximum Gasteiger partial charge on any atom is 0.233 e. The van der Waals surface area contributed by atoms with Crippen LogP contribution in [0, 0.1) is 23.6 Å². The van der Waals surface area contributed by atoms with Gasteiger partial charge in [-0.05, 0) is 69.1 Å². The smallest absolute Gasteiger partial charge is 0.233 e. The van der Waals surface area contributed by atoms with E-state index in [1.165, 1.54) is 60.9 Å². The summed E-state index contributed by atoms with van der Waals surface area (Å²) < 4.78 is 14.0. The van der Waals surface area contributed by atoms with E-state index in [1.807, 2.05) is 6.92 Å². The van der Waals surface area contributed by atoms with Crippen LogP contribution in [0.5, 0.6) is 0 Å². The minimum absolute atomic E-state index is 0.0510. The van der Waals surface area contributed by atoms with Crippen LogP contribution in [0.4, 0.5) is 15.2 Å². The van der Waals surface area contributed by atoms with Crippen LogP contribution in [-0.4, -0.2) is 27.4 Å². The number of amides is 1. The molecule has 2 bridgehead atoms. The van der Waals surface area contributed by atoms with E-state index in [1.54, 1.807) is 12.1 Å². The Morgan fingerprint density at radius 2 is 2.14 bits per heavy atom. The van der Waals surface area contributed by atoms with E-state index in [0.29, 0.717) is 21.1 Å². The van der Waals surface area contributed by atoms with Gasteiger partial charge in [-0.3, -0.25) is 4.79 Å². The largest absolute Gasteiger partial charge is 0.352 e. The first-order chi connectivity index (χ1) is 13.5. The fourth-order valence-electron chi connectivity index (χ4n) is 4.56. The van der Waals surface area contributed by atoms with E-state index in [4.69, 9.17) is 0 Å². The van der Waals surface area contributed by atoms with Crippen molar-refractivity contribution in [1.82, 2.24) is 15.5 Å². The molecule has 0 radical (unpaired) electrons. The first-order valence-electron chi connectivity index (χ1n) is 9.81. The molecule has 5 nitrogen and oxygen atoms in total. The van der Waals surface area contributed by atoms with E-state index in [9.17, 15) is 9.18 Å². The van der Waals surface area contributed by atoms with Crippen LogP contribution in [0.3, 0.4) is 0 Å². The number of aromatic nitrogens is 2. The van der Waals surface area contributed by atoms with Crippen molar-refractivity contribution < 1.29 is 9.18 Å². The number of benzene rings is 1. The van der Waals surface area contributed by atoms with Gasteiger partial charge in [0.1, 0.15) is 5.82 Å². The number of fused-ring (bicyclic) bond motifs is 2. The van der Waals surface area contributed by atoms with Gasteiger partial charge in [0.2, 0.25) is 11.0 Å². The lowest BCUT2D eigenvalue weighted by Crippen LogP contribution is -2.43. The third-order valence-corrected chi connectivity index (χ3v) is 7.96. The van der Waals surface area contributed by atoms with E-state index >= 15 is 0 Å². The Bertz CT molecular complexity index is 845. The van der Waals surface area contributed by atoms with Crippen LogP contribution >= 0.6 is 23.1 Å². The molecular formula is C20H25FN4OS2. The second kappa shape index (κ2) is 8.37. The van der Waals surface area contributed by atoms with Crippen molar-refractivity contribution in [2.24, 2.45) is 17.8 Å². The van der Waals surface area contributed by atoms with Crippen molar-refractivity contribution in [2.45, 2.75) is 55.2 Å². The highest BCUT2D eigenvalue weighted by Gasteiger charge is 2.42. The van der Waals surface area contributed by atoms with Gasteiger partial charge in [-0.1, -0.05) is 35.6 Å². The van der Waals surface area contributed by atoms with Gasteiger partial charge in [0.05, 0.1) is 5.25 Å². The van der Waals surface area contributed by atoms with E-state index in [2.05, 4.69) is 27.8 Å². The number of carbonyl (C=O) groups excluding carboxylic acids is 1. The molecule has 150 valence electrons. The summed E-state index contributed by atoms with van der Waals surface area (Å²) in [4.78, 5) is 12.6. The zero-order chi connectivity index (χ0) is 19.7. The average molecular weight is 421 g/mol. The molecule has 2 N–H and O–H groups in total. The van der Waals surface area contributed by atoms with Crippen LogP contribution in [0.1, 0.15) is 39.5 Å². The molecule has 1 aromatic heterocycles. The van der Waals surface area contributed by atoms with Crippen LogP contribution in [0.25, 0.3) is 0 Å². The number of nitrogens with zero attached hydrogens (tertiary/aromatic N) is 2. The highest BCUT2D eigenvalue weighted by Crippen LogP contribution is 2.49. The summed E-state index contributed by atoms with van der Waals surface area (Å²) in [6.45, 7) is 4.04. The number of halogens is 1. The number of anilines is 2. The molecule has 0 aliphatic heterocycles. The molecule has 2 saturated carbocycles. The molecule has 1 amide bonds. The first-order valence-corrected chi connectivity index (χ1v) is 11.5. The lowest BCUT2D eigenvalue weighted by atomic mass is 9.84. The summed E-state index contributed by atoms with van der Waals surface area (Å²) in [6.07, 6.45) is 5.31. The first kappa shape index (κ1) is 19.6. The second-order valence-electron chi connectivity index (χ2n) is 7.90. The van der Waals surface area contributed by atoms with Gasteiger partial charge in [0.15, 0.2) is 4.34 Å². The number of hydrogen-bond donors (Lipinski definition) is 2. The molecule has 1 aromatic carbocycles.